The van der Waals surface area contributed by atoms with Gasteiger partial charge in [-0.15, -0.1) is 12.4 Å². The number of carbonyl (C=O) groups excluding carboxylic acids is 1. The van der Waals surface area contributed by atoms with E-state index in [4.69, 9.17) is 4.74 Å². The van der Waals surface area contributed by atoms with Crippen LogP contribution < -0.4 is 14.8 Å². The minimum Gasteiger partial charge on any atom is -0.496 e. The van der Waals surface area contributed by atoms with Gasteiger partial charge < -0.3 is 14.8 Å². The number of nitrogens with one attached hydrogen (secondary N) is 2. The first-order valence-electron chi connectivity index (χ1n) is 7.94. The van der Waals surface area contributed by atoms with Crippen LogP contribution in [0.15, 0.2) is 23.1 Å². The van der Waals surface area contributed by atoms with Crippen LogP contribution in [0.3, 0.4) is 0 Å². The summed E-state index contributed by atoms with van der Waals surface area (Å²) in [7, 11) is -1.04. The Balaban J connectivity index is 0.00000312. The number of hydrogen-bond donors (Lipinski definition) is 2. The summed E-state index contributed by atoms with van der Waals surface area (Å²) in [6.45, 7) is 2.33. The Hall–Kier alpha value is -1.35. The van der Waals surface area contributed by atoms with Gasteiger partial charge >= 0.3 is 5.97 Å². The Morgan fingerprint density at radius 2 is 2.12 bits per heavy atom. The molecule has 1 aliphatic heterocycles. The zero-order valence-corrected chi connectivity index (χ0v) is 16.0. The van der Waals surface area contributed by atoms with Crippen molar-refractivity contribution in [3.8, 4) is 5.75 Å². The Bertz CT molecular complexity index is 675. The summed E-state index contributed by atoms with van der Waals surface area (Å²) in [6.07, 6.45) is 3.02. The third kappa shape index (κ3) is 5.85. The van der Waals surface area contributed by atoms with Crippen LogP contribution in [0.2, 0.25) is 0 Å². The standard InChI is InChI=1S/C16H24N2O5S.ClH/c1-22-15-6-5-13(10-14(15)16(19)23-2)24(20,21)18-9-7-12-4-3-8-17-11-12;/h5-6,10,12,17-18H,3-4,7-9,11H2,1-2H3;1H. The number of rotatable bonds is 7. The predicted octanol–water partition coefficient (Wildman–Crippen LogP) is 1.57. The largest absolute Gasteiger partial charge is 0.496 e. The van der Waals surface area contributed by atoms with Gasteiger partial charge in [0.1, 0.15) is 11.3 Å². The summed E-state index contributed by atoms with van der Waals surface area (Å²) in [5.41, 5.74) is 0.0827. The summed E-state index contributed by atoms with van der Waals surface area (Å²) in [6, 6.07) is 4.14. The molecular formula is C16H25ClN2O5S. The molecule has 0 saturated carbocycles. The molecule has 9 heteroatoms. The molecule has 1 unspecified atom stereocenters. The number of ether oxygens (including phenoxy) is 2. The van der Waals surface area contributed by atoms with Gasteiger partial charge in [-0.3, -0.25) is 0 Å². The first kappa shape index (κ1) is 21.7. The average Bonchev–Trinajstić information content (AvgIpc) is 2.61. The van der Waals surface area contributed by atoms with Crippen molar-refractivity contribution in [3.05, 3.63) is 23.8 Å². The van der Waals surface area contributed by atoms with Crippen LogP contribution in [0.1, 0.15) is 29.6 Å². The van der Waals surface area contributed by atoms with E-state index in [2.05, 4.69) is 14.8 Å². The molecule has 0 aliphatic carbocycles. The van der Waals surface area contributed by atoms with Crippen LogP contribution in [0.5, 0.6) is 5.75 Å². The first-order chi connectivity index (χ1) is 11.5. The topological polar surface area (TPSA) is 93.7 Å². The number of hydrogen-bond acceptors (Lipinski definition) is 6. The molecule has 0 radical (unpaired) electrons. The molecule has 1 aromatic carbocycles. The zero-order valence-electron chi connectivity index (χ0n) is 14.4. The van der Waals surface area contributed by atoms with E-state index in [1.54, 1.807) is 0 Å². The lowest BCUT2D eigenvalue weighted by atomic mass is 9.96. The number of piperidine rings is 1. The molecule has 2 rings (SSSR count). The van der Waals surface area contributed by atoms with Crippen molar-refractivity contribution in [2.75, 3.05) is 33.9 Å². The normalized spacial score (nSPS) is 17.4. The van der Waals surface area contributed by atoms with Crippen LogP contribution in [0.25, 0.3) is 0 Å². The summed E-state index contributed by atoms with van der Waals surface area (Å²) < 4.78 is 37.2. The van der Waals surface area contributed by atoms with Crippen molar-refractivity contribution in [2.24, 2.45) is 5.92 Å². The molecule has 7 nitrogen and oxygen atoms in total. The average molecular weight is 393 g/mol. The van der Waals surface area contributed by atoms with Gasteiger partial charge in [0, 0.05) is 6.54 Å². The molecule has 2 N–H and O–H groups in total. The van der Waals surface area contributed by atoms with E-state index in [0.29, 0.717) is 12.5 Å². The van der Waals surface area contributed by atoms with Crippen LogP contribution in [-0.2, 0) is 14.8 Å². The van der Waals surface area contributed by atoms with Gasteiger partial charge in [0.05, 0.1) is 19.1 Å². The maximum Gasteiger partial charge on any atom is 0.341 e. The quantitative estimate of drug-likeness (QED) is 0.684. The van der Waals surface area contributed by atoms with Gasteiger partial charge in [0.25, 0.3) is 0 Å². The Labute approximate surface area is 154 Å². The number of carbonyl (C=O) groups is 1. The van der Waals surface area contributed by atoms with Gasteiger partial charge in [-0.1, -0.05) is 0 Å². The number of methoxy groups -OCH3 is 2. The second kappa shape index (κ2) is 9.96. The summed E-state index contributed by atoms with van der Waals surface area (Å²) in [5, 5.41) is 3.31. The predicted molar refractivity (Wildman–Crippen MR) is 97.0 cm³/mol. The number of sulfonamides is 1. The molecule has 1 atom stereocenters. The van der Waals surface area contributed by atoms with Crippen molar-refractivity contribution in [2.45, 2.75) is 24.2 Å². The van der Waals surface area contributed by atoms with Crippen molar-refractivity contribution in [1.29, 1.82) is 0 Å². The zero-order chi connectivity index (χ0) is 17.6. The number of esters is 1. The molecule has 0 aromatic heterocycles. The third-order valence-corrected chi connectivity index (χ3v) is 5.59. The highest BCUT2D eigenvalue weighted by Gasteiger charge is 2.21. The maximum atomic E-state index is 12.4. The second-order valence-electron chi connectivity index (χ2n) is 5.75. The highest BCUT2D eigenvalue weighted by molar-refractivity contribution is 7.89. The molecule has 1 heterocycles. The third-order valence-electron chi connectivity index (χ3n) is 4.13. The Morgan fingerprint density at radius 1 is 1.36 bits per heavy atom. The number of halogens is 1. The van der Waals surface area contributed by atoms with Gasteiger partial charge in [0.2, 0.25) is 10.0 Å². The highest BCUT2D eigenvalue weighted by Crippen LogP contribution is 2.23. The monoisotopic (exact) mass is 392 g/mol. The second-order valence-corrected chi connectivity index (χ2v) is 7.52. The maximum absolute atomic E-state index is 12.4. The van der Waals surface area contributed by atoms with Crippen molar-refractivity contribution >= 4 is 28.4 Å². The molecule has 1 fully saturated rings. The summed E-state index contributed by atoms with van der Waals surface area (Å²) in [5.74, 6) is 0.120. The van der Waals surface area contributed by atoms with Crippen LogP contribution >= 0.6 is 12.4 Å². The van der Waals surface area contributed by atoms with E-state index >= 15 is 0 Å². The van der Waals surface area contributed by atoms with E-state index in [-0.39, 0.29) is 28.6 Å². The van der Waals surface area contributed by atoms with E-state index in [9.17, 15) is 13.2 Å². The van der Waals surface area contributed by atoms with E-state index < -0.39 is 16.0 Å². The van der Waals surface area contributed by atoms with Gasteiger partial charge in [0.15, 0.2) is 0 Å². The van der Waals surface area contributed by atoms with Crippen LogP contribution in [0.4, 0.5) is 0 Å². The molecule has 25 heavy (non-hydrogen) atoms. The van der Waals surface area contributed by atoms with E-state index in [1.165, 1.54) is 32.4 Å². The molecule has 1 saturated heterocycles. The fraction of sp³-hybridized carbons (Fsp3) is 0.562. The Kier molecular flexibility index (Phi) is 8.64. The lowest BCUT2D eigenvalue weighted by Crippen LogP contribution is -2.33. The molecule has 1 aliphatic rings. The lowest BCUT2D eigenvalue weighted by Gasteiger charge is -2.22. The smallest absolute Gasteiger partial charge is 0.341 e. The molecule has 1 aromatic rings. The summed E-state index contributed by atoms with van der Waals surface area (Å²) >= 11 is 0. The molecule has 0 spiro atoms. The van der Waals surface area contributed by atoms with Crippen LogP contribution in [-0.4, -0.2) is 48.2 Å². The molecular weight excluding hydrogens is 368 g/mol. The highest BCUT2D eigenvalue weighted by atomic mass is 35.5. The van der Waals surface area contributed by atoms with Crippen molar-refractivity contribution < 1.29 is 22.7 Å². The van der Waals surface area contributed by atoms with Crippen molar-refractivity contribution in [3.63, 3.8) is 0 Å². The fourth-order valence-corrected chi connectivity index (χ4v) is 3.85. The van der Waals surface area contributed by atoms with E-state index in [0.717, 1.165) is 32.4 Å². The van der Waals surface area contributed by atoms with Gasteiger partial charge in [-0.05, 0) is 56.5 Å². The fourth-order valence-electron chi connectivity index (χ4n) is 2.77. The minimum atomic E-state index is -3.68. The van der Waals surface area contributed by atoms with Gasteiger partial charge in [-0.25, -0.2) is 17.9 Å². The van der Waals surface area contributed by atoms with E-state index in [1.807, 2.05) is 0 Å². The first-order valence-corrected chi connectivity index (χ1v) is 9.43. The SMILES string of the molecule is COC(=O)c1cc(S(=O)(=O)NCCC2CCCNC2)ccc1OC.Cl. The molecule has 0 amide bonds. The number of benzene rings is 1. The molecule has 0 bridgehead atoms. The van der Waals surface area contributed by atoms with Crippen LogP contribution in [0, 0.1) is 5.92 Å². The molecule has 142 valence electrons. The lowest BCUT2D eigenvalue weighted by molar-refractivity contribution is 0.0597. The van der Waals surface area contributed by atoms with Crippen molar-refractivity contribution in [1.82, 2.24) is 10.0 Å². The van der Waals surface area contributed by atoms with Gasteiger partial charge in [-0.2, -0.15) is 0 Å². The summed E-state index contributed by atoms with van der Waals surface area (Å²) in [4.78, 5) is 11.8. The minimum absolute atomic E-state index is 0. The Morgan fingerprint density at radius 3 is 2.72 bits per heavy atom.